The second-order valence-electron chi connectivity index (χ2n) is 10.4. The number of rotatable bonds is 9. The summed E-state index contributed by atoms with van der Waals surface area (Å²) in [5.41, 5.74) is 2.94. The van der Waals surface area contributed by atoms with Gasteiger partial charge in [0.05, 0.1) is 27.1 Å². The number of thiophene rings is 1. The Morgan fingerprint density at radius 2 is 1.74 bits per heavy atom. The van der Waals surface area contributed by atoms with E-state index in [1.165, 1.54) is 11.3 Å². The minimum absolute atomic E-state index is 0.105. The molecule has 10 heteroatoms. The zero-order valence-corrected chi connectivity index (χ0v) is 25.1. The lowest BCUT2D eigenvalue weighted by molar-refractivity contribution is 0.102. The molecule has 0 aliphatic rings. The Hall–Kier alpha value is -3.16. The van der Waals surface area contributed by atoms with Gasteiger partial charge in [0.15, 0.2) is 8.32 Å². The molecule has 0 spiro atoms. The maximum Gasteiger partial charge on any atom is 0.265 e. The minimum Gasteiger partial charge on any atom is -0.415 e. The molecule has 1 heterocycles. The first-order valence-electron chi connectivity index (χ1n) is 12.2. The molecule has 200 valence electrons. The van der Waals surface area contributed by atoms with Gasteiger partial charge in [0.2, 0.25) is 0 Å². The van der Waals surface area contributed by atoms with Crippen LogP contribution in [0.5, 0.6) is 0 Å². The molecule has 0 bridgehead atoms. The summed E-state index contributed by atoms with van der Waals surface area (Å²) in [6, 6.07) is 15.6. The van der Waals surface area contributed by atoms with Crippen molar-refractivity contribution in [3.05, 3.63) is 86.5 Å². The van der Waals surface area contributed by atoms with Gasteiger partial charge in [-0.1, -0.05) is 43.4 Å². The van der Waals surface area contributed by atoms with Crippen molar-refractivity contribution in [3.63, 3.8) is 0 Å². The van der Waals surface area contributed by atoms with Crippen LogP contribution in [-0.2, 0) is 4.43 Å². The molecule has 2 N–H and O–H groups in total. The van der Waals surface area contributed by atoms with Crippen molar-refractivity contribution in [2.75, 3.05) is 28.8 Å². The van der Waals surface area contributed by atoms with Crippen LogP contribution in [0.2, 0.25) is 22.5 Å². The van der Waals surface area contributed by atoms with E-state index in [4.69, 9.17) is 22.6 Å². The van der Waals surface area contributed by atoms with Crippen molar-refractivity contribution in [2.24, 2.45) is 0 Å². The monoisotopic (exact) mass is 568 g/mol. The van der Waals surface area contributed by atoms with Crippen molar-refractivity contribution in [3.8, 4) is 0 Å². The molecule has 3 aromatic rings. The number of aryl methyl sites for hydroxylation is 1. The maximum atomic E-state index is 13.1. The SMILES string of the molecule is [C-]#[N+]N(CCO[Si](C)(C)C(C)(C)C)c1ccc(NC(=O)c2ccc(C)cc2NC(=O)c2ccc(Cl)s2)cc1. The number of carbonyl (C=O) groups excluding carboxylic acids is 2. The van der Waals surface area contributed by atoms with Gasteiger partial charge in [-0.2, -0.15) is 11.5 Å². The summed E-state index contributed by atoms with van der Waals surface area (Å²) in [6.07, 6.45) is 0. The topological polar surface area (TPSA) is 75.0 Å². The molecule has 3 rings (SSSR count). The van der Waals surface area contributed by atoms with Gasteiger partial charge < -0.3 is 15.1 Å². The lowest BCUT2D eigenvalue weighted by Crippen LogP contribution is -2.42. The Morgan fingerprint density at radius 3 is 2.32 bits per heavy atom. The molecular formula is C28H33ClN4O3SSi. The summed E-state index contributed by atoms with van der Waals surface area (Å²) < 4.78 is 6.73. The van der Waals surface area contributed by atoms with Gasteiger partial charge in [-0.25, -0.2) is 0 Å². The van der Waals surface area contributed by atoms with Crippen molar-refractivity contribution >= 4 is 60.1 Å². The van der Waals surface area contributed by atoms with E-state index in [2.05, 4.69) is 49.5 Å². The third kappa shape index (κ3) is 7.45. The zero-order chi connectivity index (χ0) is 28.1. The van der Waals surface area contributed by atoms with E-state index in [1.54, 1.807) is 53.5 Å². The van der Waals surface area contributed by atoms with Gasteiger partial charge >= 0.3 is 0 Å². The van der Waals surface area contributed by atoms with Gasteiger partial charge in [0, 0.05) is 5.69 Å². The van der Waals surface area contributed by atoms with Crippen LogP contribution in [0.15, 0.2) is 54.6 Å². The molecule has 0 aliphatic heterocycles. The molecule has 7 nitrogen and oxygen atoms in total. The van der Waals surface area contributed by atoms with Gasteiger partial charge in [0.25, 0.3) is 11.8 Å². The van der Waals surface area contributed by atoms with Gasteiger partial charge in [-0.3, -0.25) is 9.59 Å². The molecule has 2 aromatic carbocycles. The fourth-order valence-corrected chi connectivity index (χ4v) is 5.31. The van der Waals surface area contributed by atoms with E-state index in [0.717, 1.165) is 11.3 Å². The van der Waals surface area contributed by atoms with E-state index < -0.39 is 8.32 Å². The van der Waals surface area contributed by atoms with Crippen LogP contribution in [0.4, 0.5) is 17.1 Å². The Morgan fingerprint density at radius 1 is 1.05 bits per heavy atom. The third-order valence-corrected chi connectivity index (χ3v) is 12.3. The number of anilines is 3. The number of benzene rings is 2. The normalized spacial score (nSPS) is 11.5. The summed E-state index contributed by atoms with van der Waals surface area (Å²) in [7, 11) is -1.89. The number of carbonyl (C=O) groups is 2. The standard InChI is InChI=1S/C28H33ClN4O3SSi/c1-19-8-13-22(23(18-19)32-27(35)24-14-15-25(29)37-24)26(34)31-20-9-11-21(12-10-20)33(30-5)16-17-36-38(6,7)28(2,3)4/h8-15,18H,16-17H2,1-4,6-7H3,(H,31,34)(H,32,35). The Labute approximate surface area is 234 Å². The Balaban J connectivity index is 1.67. The number of hydrogen-bond acceptors (Lipinski definition) is 5. The molecule has 0 saturated carbocycles. The highest BCUT2D eigenvalue weighted by molar-refractivity contribution is 7.18. The van der Waals surface area contributed by atoms with E-state index in [-0.39, 0.29) is 16.9 Å². The molecular weight excluding hydrogens is 536 g/mol. The lowest BCUT2D eigenvalue weighted by Gasteiger charge is -2.36. The van der Waals surface area contributed by atoms with Gasteiger partial charge in [-0.05, 0) is 79.2 Å². The van der Waals surface area contributed by atoms with Crippen LogP contribution in [0.3, 0.4) is 0 Å². The van der Waals surface area contributed by atoms with Crippen molar-refractivity contribution in [1.29, 1.82) is 0 Å². The van der Waals surface area contributed by atoms with Gasteiger partial charge in [0.1, 0.15) is 12.2 Å². The van der Waals surface area contributed by atoms with E-state index in [1.807, 2.05) is 13.0 Å². The summed E-state index contributed by atoms with van der Waals surface area (Å²) >= 11 is 7.12. The van der Waals surface area contributed by atoms with Crippen LogP contribution in [-0.4, -0.2) is 33.3 Å². The van der Waals surface area contributed by atoms with Gasteiger partial charge in [-0.15, -0.1) is 11.3 Å². The quantitative estimate of drug-likeness (QED) is 0.156. The molecule has 0 radical (unpaired) electrons. The lowest BCUT2D eigenvalue weighted by atomic mass is 10.1. The zero-order valence-electron chi connectivity index (χ0n) is 22.5. The van der Waals surface area contributed by atoms with Crippen LogP contribution >= 0.6 is 22.9 Å². The maximum absolute atomic E-state index is 13.1. The number of hydrogen-bond donors (Lipinski definition) is 2. The molecule has 0 fully saturated rings. The summed E-state index contributed by atoms with van der Waals surface area (Å²) in [5, 5.41) is 7.36. The summed E-state index contributed by atoms with van der Waals surface area (Å²) in [6.45, 7) is 21.3. The van der Waals surface area contributed by atoms with E-state index in [0.29, 0.717) is 39.3 Å². The van der Waals surface area contributed by atoms with Crippen LogP contribution in [0.1, 0.15) is 46.4 Å². The highest BCUT2D eigenvalue weighted by Gasteiger charge is 2.37. The second kappa shape index (κ2) is 12.1. The number of amides is 2. The van der Waals surface area contributed by atoms with E-state index in [9.17, 15) is 9.59 Å². The highest BCUT2D eigenvalue weighted by atomic mass is 35.5. The number of nitrogens with zero attached hydrogens (tertiary/aromatic N) is 2. The molecule has 0 aliphatic carbocycles. The Kier molecular flexibility index (Phi) is 9.39. The first-order valence-corrected chi connectivity index (χ1v) is 16.3. The number of halogens is 1. The smallest absolute Gasteiger partial charge is 0.265 e. The highest BCUT2D eigenvalue weighted by Crippen LogP contribution is 2.36. The molecule has 38 heavy (non-hydrogen) atoms. The second-order valence-corrected chi connectivity index (χ2v) is 17.0. The fourth-order valence-electron chi connectivity index (χ4n) is 3.34. The van der Waals surface area contributed by atoms with Crippen molar-refractivity contribution in [1.82, 2.24) is 0 Å². The predicted molar refractivity (Wildman–Crippen MR) is 160 cm³/mol. The number of nitrogens with one attached hydrogen (secondary N) is 2. The predicted octanol–water partition coefficient (Wildman–Crippen LogP) is 7.88. The molecule has 0 unspecified atom stereocenters. The third-order valence-electron chi connectivity index (χ3n) is 6.58. The summed E-state index contributed by atoms with van der Waals surface area (Å²) in [5.74, 6) is -0.690. The molecule has 0 saturated heterocycles. The van der Waals surface area contributed by atoms with Crippen molar-refractivity contribution in [2.45, 2.75) is 45.8 Å². The average Bonchev–Trinajstić information content (AvgIpc) is 3.28. The average molecular weight is 569 g/mol. The van der Waals surface area contributed by atoms with Crippen LogP contribution < -0.4 is 15.6 Å². The van der Waals surface area contributed by atoms with Crippen molar-refractivity contribution < 1.29 is 14.0 Å². The Bertz CT molecular complexity index is 1340. The largest absolute Gasteiger partial charge is 0.415 e. The molecule has 0 atom stereocenters. The first kappa shape index (κ1) is 29.4. The van der Waals surface area contributed by atoms with Crippen LogP contribution in [0, 0.1) is 13.5 Å². The van der Waals surface area contributed by atoms with Crippen LogP contribution in [0.25, 0.3) is 4.95 Å². The minimum atomic E-state index is -1.89. The first-order chi connectivity index (χ1) is 17.8. The molecule has 1 aromatic heterocycles. The van der Waals surface area contributed by atoms with E-state index >= 15 is 0 Å². The summed E-state index contributed by atoms with van der Waals surface area (Å²) in [4.78, 5) is 29.9. The fraction of sp³-hybridized carbons (Fsp3) is 0.321. The molecule has 2 amide bonds.